The van der Waals surface area contributed by atoms with Gasteiger partial charge in [-0.05, 0) is 37.0 Å². The molecule has 0 spiro atoms. The molecule has 0 saturated carbocycles. The Bertz CT molecular complexity index is 859. The molecule has 24 heavy (non-hydrogen) atoms. The van der Waals surface area contributed by atoms with Gasteiger partial charge in [0.15, 0.2) is 0 Å². The summed E-state index contributed by atoms with van der Waals surface area (Å²) in [6, 6.07) is 6.24. The Hall–Kier alpha value is -1.88. The predicted molar refractivity (Wildman–Crippen MR) is 89.9 cm³/mol. The van der Waals surface area contributed by atoms with E-state index in [4.69, 9.17) is 16.9 Å². The first-order valence-corrected chi connectivity index (χ1v) is 9.48. The lowest BCUT2D eigenvalue weighted by Crippen LogP contribution is -2.41. The Morgan fingerprint density at radius 3 is 2.92 bits per heavy atom. The van der Waals surface area contributed by atoms with Gasteiger partial charge >= 0.3 is 0 Å². The number of halogens is 1. The van der Waals surface area contributed by atoms with Crippen LogP contribution in [-0.4, -0.2) is 35.4 Å². The molecule has 0 radical (unpaired) electrons. The molecule has 8 heteroatoms. The SMILES string of the molecule is N#Cc1ccc(S(=O)(=O)N2CCCC(Cn3ccnc3)C2)c(Cl)c1. The second-order valence-electron chi connectivity index (χ2n) is 5.89. The summed E-state index contributed by atoms with van der Waals surface area (Å²) in [7, 11) is -3.66. The first-order chi connectivity index (χ1) is 11.5. The van der Waals surface area contributed by atoms with E-state index in [9.17, 15) is 8.42 Å². The van der Waals surface area contributed by atoms with Crippen LogP contribution in [0.5, 0.6) is 0 Å². The molecular weight excluding hydrogens is 348 g/mol. The first kappa shape index (κ1) is 17.0. The normalized spacial score (nSPS) is 19.1. The Kier molecular flexibility index (Phi) is 4.90. The van der Waals surface area contributed by atoms with Crippen LogP contribution >= 0.6 is 11.6 Å². The number of hydrogen-bond acceptors (Lipinski definition) is 4. The molecule has 6 nitrogen and oxygen atoms in total. The maximum Gasteiger partial charge on any atom is 0.244 e. The summed E-state index contributed by atoms with van der Waals surface area (Å²) in [5.41, 5.74) is 0.343. The number of benzene rings is 1. The van der Waals surface area contributed by atoms with Crippen LogP contribution in [0.15, 0.2) is 41.8 Å². The standard InChI is InChI=1S/C16H17ClN4O2S/c17-15-8-13(9-18)3-4-16(15)24(22,23)21-6-1-2-14(11-21)10-20-7-5-19-12-20/h3-5,7-8,12,14H,1-2,6,10-11H2. The molecule has 2 heterocycles. The van der Waals surface area contributed by atoms with E-state index in [0.29, 0.717) is 18.7 Å². The fourth-order valence-corrected chi connectivity index (χ4v) is 5.08. The first-order valence-electron chi connectivity index (χ1n) is 7.66. The molecule has 3 rings (SSSR count). The van der Waals surface area contributed by atoms with Crippen LogP contribution in [0.4, 0.5) is 0 Å². The van der Waals surface area contributed by atoms with Gasteiger partial charge in [-0.15, -0.1) is 0 Å². The average molecular weight is 365 g/mol. The lowest BCUT2D eigenvalue weighted by molar-refractivity contribution is 0.245. The molecule has 2 aromatic rings. The van der Waals surface area contributed by atoms with Crippen LogP contribution in [0.3, 0.4) is 0 Å². The van der Waals surface area contributed by atoms with Gasteiger partial charge in [-0.25, -0.2) is 13.4 Å². The number of imidazole rings is 1. The minimum atomic E-state index is -3.66. The molecule has 0 aliphatic carbocycles. The predicted octanol–water partition coefficient (Wildman–Crippen LogP) is 2.51. The third-order valence-electron chi connectivity index (χ3n) is 4.19. The molecule has 126 valence electrons. The van der Waals surface area contributed by atoms with Gasteiger partial charge in [-0.1, -0.05) is 11.6 Å². The number of aromatic nitrogens is 2. The van der Waals surface area contributed by atoms with Crippen LogP contribution in [0, 0.1) is 17.2 Å². The Morgan fingerprint density at radius 1 is 1.42 bits per heavy atom. The van der Waals surface area contributed by atoms with Gasteiger partial charge < -0.3 is 4.57 Å². The second kappa shape index (κ2) is 6.93. The third kappa shape index (κ3) is 3.46. The zero-order chi connectivity index (χ0) is 17.2. The van der Waals surface area contributed by atoms with Crippen molar-refractivity contribution in [3.8, 4) is 6.07 Å². The van der Waals surface area contributed by atoms with E-state index in [0.717, 1.165) is 19.4 Å². The van der Waals surface area contributed by atoms with Crippen LogP contribution in [0.1, 0.15) is 18.4 Å². The summed E-state index contributed by atoms with van der Waals surface area (Å²) in [6.45, 7) is 1.68. The van der Waals surface area contributed by atoms with Crippen LogP contribution in [0.25, 0.3) is 0 Å². The van der Waals surface area contributed by atoms with Crippen LogP contribution in [0.2, 0.25) is 5.02 Å². The number of nitrogens with zero attached hydrogens (tertiary/aromatic N) is 4. The van der Waals surface area contributed by atoms with Crippen molar-refractivity contribution in [2.24, 2.45) is 5.92 Å². The zero-order valence-electron chi connectivity index (χ0n) is 13.0. The Balaban J connectivity index is 1.80. The van der Waals surface area contributed by atoms with E-state index >= 15 is 0 Å². The zero-order valence-corrected chi connectivity index (χ0v) is 14.5. The maximum atomic E-state index is 12.9. The van der Waals surface area contributed by atoms with Gasteiger partial charge in [0.25, 0.3) is 0 Å². The van der Waals surface area contributed by atoms with Crippen molar-refractivity contribution in [2.45, 2.75) is 24.3 Å². The monoisotopic (exact) mass is 364 g/mol. The summed E-state index contributed by atoms with van der Waals surface area (Å²) in [5, 5.41) is 8.97. The van der Waals surface area contributed by atoms with Gasteiger partial charge in [0.2, 0.25) is 10.0 Å². The highest BCUT2D eigenvalue weighted by Gasteiger charge is 2.31. The van der Waals surface area contributed by atoms with Gasteiger partial charge in [-0.2, -0.15) is 9.57 Å². The van der Waals surface area contributed by atoms with E-state index in [1.54, 1.807) is 12.5 Å². The molecular formula is C16H17ClN4O2S. The molecule has 0 amide bonds. The van der Waals surface area contributed by atoms with Crippen molar-refractivity contribution >= 4 is 21.6 Å². The maximum absolute atomic E-state index is 12.9. The summed E-state index contributed by atoms with van der Waals surface area (Å²) in [6.07, 6.45) is 7.13. The van der Waals surface area contributed by atoms with Crippen molar-refractivity contribution in [1.82, 2.24) is 13.9 Å². The van der Waals surface area contributed by atoms with E-state index < -0.39 is 10.0 Å². The van der Waals surface area contributed by atoms with Gasteiger partial charge in [0, 0.05) is 32.0 Å². The molecule has 1 fully saturated rings. The van der Waals surface area contributed by atoms with E-state index in [1.165, 1.54) is 22.5 Å². The molecule has 0 bridgehead atoms. The largest absolute Gasteiger partial charge is 0.337 e. The number of sulfonamides is 1. The van der Waals surface area contributed by atoms with Gasteiger partial charge in [-0.3, -0.25) is 0 Å². The Labute approximate surface area is 146 Å². The minimum absolute atomic E-state index is 0.0615. The van der Waals surface area contributed by atoms with Crippen molar-refractivity contribution in [3.05, 3.63) is 47.5 Å². The summed E-state index contributed by atoms with van der Waals surface area (Å²) >= 11 is 6.09. The lowest BCUT2D eigenvalue weighted by Gasteiger charge is -2.32. The fourth-order valence-electron chi connectivity index (χ4n) is 3.01. The Morgan fingerprint density at radius 2 is 2.25 bits per heavy atom. The van der Waals surface area contributed by atoms with E-state index in [1.807, 2.05) is 16.8 Å². The van der Waals surface area contributed by atoms with Crippen LogP contribution < -0.4 is 0 Å². The smallest absolute Gasteiger partial charge is 0.244 e. The highest BCUT2D eigenvalue weighted by Crippen LogP contribution is 2.29. The van der Waals surface area contributed by atoms with Crippen molar-refractivity contribution in [3.63, 3.8) is 0 Å². The number of piperidine rings is 1. The quantitative estimate of drug-likeness (QED) is 0.834. The minimum Gasteiger partial charge on any atom is -0.337 e. The number of nitriles is 1. The summed E-state index contributed by atoms with van der Waals surface area (Å²) in [5.74, 6) is 0.236. The van der Waals surface area contributed by atoms with Gasteiger partial charge in [0.1, 0.15) is 4.90 Å². The van der Waals surface area contributed by atoms with Gasteiger partial charge in [0.05, 0.1) is 23.0 Å². The molecule has 1 saturated heterocycles. The number of rotatable bonds is 4. The average Bonchev–Trinajstić information content (AvgIpc) is 3.07. The molecule has 1 aromatic heterocycles. The van der Waals surface area contributed by atoms with Crippen molar-refractivity contribution in [1.29, 1.82) is 5.26 Å². The molecule has 0 N–H and O–H groups in total. The molecule has 1 aliphatic rings. The summed E-state index contributed by atoms with van der Waals surface area (Å²) in [4.78, 5) is 4.08. The lowest BCUT2D eigenvalue weighted by atomic mass is 10.00. The van der Waals surface area contributed by atoms with Crippen molar-refractivity contribution in [2.75, 3.05) is 13.1 Å². The molecule has 1 atom stereocenters. The van der Waals surface area contributed by atoms with E-state index in [2.05, 4.69) is 4.98 Å². The highest BCUT2D eigenvalue weighted by molar-refractivity contribution is 7.89. The fraction of sp³-hybridized carbons (Fsp3) is 0.375. The molecule has 1 unspecified atom stereocenters. The topological polar surface area (TPSA) is 79.0 Å². The van der Waals surface area contributed by atoms with Crippen molar-refractivity contribution < 1.29 is 8.42 Å². The second-order valence-corrected chi connectivity index (χ2v) is 8.20. The number of hydrogen-bond donors (Lipinski definition) is 0. The molecule has 1 aromatic carbocycles. The highest BCUT2D eigenvalue weighted by atomic mass is 35.5. The third-order valence-corrected chi connectivity index (χ3v) is 6.54. The van der Waals surface area contributed by atoms with Crippen LogP contribution in [-0.2, 0) is 16.6 Å². The molecule has 1 aliphatic heterocycles. The van der Waals surface area contributed by atoms with E-state index in [-0.39, 0.29) is 15.8 Å². The summed E-state index contributed by atoms with van der Waals surface area (Å²) < 4.78 is 29.2.